The van der Waals surface area contributed by atoms with Crippen LogP contribution < -0.4 is 4.74 Å². The van der Waals surface area contributed by atoms with Gasteiger partial charge in [0.15, 0.2) is 0 Å². The van der Waals surface area contributed by atoms with E-state index < -0.39 is 0 Å². The molecule has 106 valence electrons. The molecule has 4 heteroatoms. The number of hydrogen-bond donors (Lipinski definition) is 1. The molecule has 0 aliphatic rings. The van der Waals surface area contributed by atoms with Gasteiger partial charge in [-0.3, -0.25) is 4.79 Å². The molecule has 1 N–H and O–H groups in total. The van der Waals surface area contributed by atoms with Gasteiger partial charge in [0.25, 0.3) is 5.91 Å². The lowest BCUT2D eigenvalue weighted by molar-refractivity contribution is 0.0754. The Balaban J connectivity index is 2.70. The number of ether oxygens (including phenoxy) is 1. The summed E-state index contributed by atoms with van der Waals surface area (Å²) in [6.45, 7) is 7.19. The molecule has 1 aromatic rings. The molecule has 0 spiro atoms. The standard InChI is InChI=1S/C15H23NO3/c1-4-16(10-5-11-17)15(18)13-6-8-14(9-7-13)19-12(2)3/h6-9,12,17H,4-5,10-11H2,1-3H3. The largest absolute Gasteiger partial charge is 0.491 e. The third-order valence-corrected chi connectivity index (χ3v) is 2.73. The Bertz CT molecular complexity index is 387. The van der Waals surface area contributed by atoms with Crippen LogP contribution in [-0.4, -0.2) is 41.7 Å². The van der Waals surface area contributed by atoms with Crippen LogP contribution in [0.25, 0.3) is 0 Å². The second-order valence-electron chi connectivity index (χ2n) is 4.65. The highest BCUT2D eigenvalue weighted by molar-refractivity contribution is 5.94. The summed E-state index contributed by atoms with van der Waals surface area (Å²) < 4.78 is 5.54. The molecule has 1 amide bonds. The van der Waals surface area contributed by atoms with Crippen molar-refractivity contribution in [3.05, 3.63) is 29.8 Å². The Morgan fingerprint density at radius 2 is 1.95 bits per heavy atom. The number of carbonyl (C=O) groups excluding carboxylic acids is 1. The average molecular weight is 265 g/mol. The lowest BCUT2D eigenvalue weighted by Crippen LogP contribution is -2.32. The van der Waals surface area contributed by atoms with Crippen LogP contribution in [0, 0.1) is 0 Å². The van der Waals surface area contributed by atoms with Gasteiger partial charge < -0.3 is 14.7 Å². The predicted octanol–water partition coefficient (Wildman–Crippen LogP) is 2.32. The quantitative estimate of drug-likeness (QED) is 0.823. The Morgan fingerprint density at radius 1 is 1.32 bits per heavy atom. The second kappa shape index (κ2) is 7.79. The van der Waals surface area contributed by atoms with Gasteiger partial charge in [-0.05, 0) is 51.5 Å². The smallest absolute Gasteiger partial charge is 0.253 e. The first-order valence-electron chi connectivity index (χ1n) is 6.75. The van der Waals surface area contributed by atoms with Gasteiger partial charge in [-0.25, -0.2) is 0 Å². The molecule has 0 bridgehead atoms. The Morgan fingerprint density at radius 3 is 2.42 bits per heavy atom. The van der Waals surface area contributed by atoms with E-state index >= 15 is 0 Å². The number of amides is 1. The highest BCUT2D eigenvalue weighted by Gasteiger charge is 2.13. The van der Waals surface area contributed by atoms with Gasteiger partial charge in [0.05, 0.1) is 6.10 Å². The van der Waals surface area contributed by atoms with E-state index in [0.717, 1.165) is 5.75 Å². The summed E-state index contributed by atoms with van der Waals surface area (Å²) in [5.41, 5.74) is 0.649. The van der Waals surface area contributed by atoms with Crippen molar-refractivity contribution < 1.29 is 14.6 Å². The number of rotatable bonds is 7. The van der Waals surface area contributed by atoms with Gasteiger partial charge in [0.2, 0.25) is 0 Å². The van der Waals surface area contributed by atoms with Crippen LogP contribution in [0.1, 0.15) is 37.6 Å². The number of hydrogen-bond acceptors (Lipinski definition) is 3. The average Bonchev–Trinajstić information content (AvgIpc) is 2.39. The lowest BCUT2D eigenvalue weighted by Gasteiger charge is -2.20. The number of carbonyl (C=O) groups is 1. The van der Waals surface area contributed by atoms with Gasteiger partial charge >= 0.3 is 0 Å². The fraction of sp³-hybridized carbons (Fsp3) is 0.533. The normalized spacial score (nSPS) is 10.6. The zero-order chi connectivity index (χ0) is 14.3. The van der Waals surface area contributed by atoms with Crippen LogP contribution in [0.3, 0.4) is 0 Å². The third kappa shape index (κ3) is 4.91. The van der Waals surface area contributed by atoms with E-state index in [0.29, 0.717) is 25.1 Å². The zero-order valence-corrected chi connectivity index (χ0v) is 11.9. The predicted molar refractivity (Wildman–Crippen MR) is 75.5 cm³/mol. The molecule has 0 radical (unpaired) electrons. The number of aliphatic hydroxyl groups excluding tert-OH is 1. The highest BCUT2D eigenvalue weighted by atomic mass is 16.5. The van der Waals surface area contributed by atoms with E-state index in [1.54, 1.807) is 17.0 Å². The molecule has 1 aromatic carbocycles. The minimum absolute atomic E-state index is 0.00736. The number of benzene rings is 1. The van der Waals surface area contributed by atoms with E-state index in [2.05, 4.69) is 0 Å². The molecule has 0 unspecified atom stereocenters. The van der Waals surface area contributed by atoms with E-state index in [4.69, 9.17) is 9.84 Å². The maximum atomic E-state index is 12.2. The fourth-order valence-electron chi connectivity index (χ4n) is 1.80. The fourth-order valence-corrected chi connectivity index (χ4v) is 1.80. The van der Waals surface area contributed by atoms with Crippen molar-refractivity contribution in [3.63, 3.8) is 0 Å². The van der Waals surface area contributed by atoms with Crippen LogP contribution in [0.15, 0.2) is 24.3 Å². The first-order valence-corrected chi connectivity index (χ1v) is 6.75. The molecule has 0 fully saturated rings. The first-order chi connectivity index (χ1) is 9.08. The maximum Gasteiger partial charge on any atom is 0.253 e. The maximum absolute atomic E-state index is 12.2. The van der Waals surface area contributed by atoms with E-state index in [9.17, 15) is 4.79 Å². The van der Waals surface area contributed by atoms with E-state index in [1.165, 1.54) is 0 Å². The van der Waals surface area contributed by atoms with Gasteiger partial charge in [-0.2, -0.15) is 0 Å². The van der Waals surface area contributed by atoms with Crippen LogP contribution in [0.4, 0.5) is 0 Å². The van der Waals surface area contributed by atoms with Crippen molar-refractivity contribution in [2.45, 2.75) is 33.3 Å². The molecular weight excluding hydrogens is 242 g/mol. The van der Waals surface area contributed by atoms with Gasteiger partial charge in [0, 0.05) is 25.3 Å². The summed E-state index contributed by atoms with van der Waals surface area (Å²) in [4.78, 5) is 13.9. The molecule has 0 aliphatic carbocycles. The summed E-state index contributed by atoms with van der Waals surface area (Å²) in [6, 6.07) is 7.18. The number of nitrogens with zero attached hydrogens (tertiary/aromatic N) is 1. The van der Waals surface area contributed by atoms with Crippen molar-refractivity contribution in [3.8, 4) is 5.75 Å². The molecule has 0 atom stereocenters. The molecule has 0 saturated heterocycles. The van der Waals surface area contributed by atoms with Crippen LogP contribution in [0.5, 0.6) is 5.75 Å². The first kappa shape index (κ1) is 15.5. The molecule has 0 heterocycles. The number of aliphatic hydroxyl groups is 1. The highest BCUT2D eigenvalue weighted by Crippen LogP contribution is 2.15. The van der Waals surface area contributed by atoms with Crippen LogP contribution in [0.2, 0.25) is 0 Å². The minimum Gasteiger partial charge on any atom is -0.491 e. The van der Waals surface area contributed by atoms with Crippen LogP contribution in [-0.2, 0) is 0 Å². The second-order valence-corrected chi connectivity index (χ2v) is 4.65. The molecule has 4 nitrogen and oxygen atoms in total. The van der Waals surface area contributed by atoms with Gasteiger partial charge in [-0.1, -0.05) is 0 Å². The monoisotopic (exact) mass is 265 g/mol. The van der Waals surface area contributed by atoms with Crippen molar-refractivity contribution in [1.29, 1.82) is 0 Å². The van der Waals surface area contributed by atoms with Gasteiger partial charge in [0.1, 0.15) is 5.75 Å². The van der Waals surface area contributed by atoms with Crippen molar-refractivity contribution in [2.75, 3.05) is 19.7 Å². The lowest BCUT2D eigenvalue weighted by atomic mass is 10.2. The molecular formula is C15H23NO3. The summed E-state index contributed by atoms with van der Waals surface area (Å²) >= 11 is 0. The Hall–Kier alpha value is -1.55. The SMILES string of the molecule is CCN(CCCO)C(=O)c1ccc(OC(C)C)cc1. The topological polar surface area (TPSA) is 49.8 Å². The zero-order valence-electron chi connectivity index (χ0n) is 11.9. The Labute approximate surface area is 115 Å². The molecule has 19 heavy (non-hydrogen) atoms. The summed E-state index contributed by atoms with van der Waals surface area (Å²) in [7, 11) is 0. The molecule has 1 rings (SSSR count). The van der Waals surface area contributed by atoms with Crippen molar-refractivity contribution in [2.24, 2.45) is 0 Å². The summed E-state index contributed by atoms with van der Waals surface area (Å²) in [5, 5.41) is 8.83. The summed E-state index contributed by atoms with van der Waals surface area (Å²) in [5.74, 6) is 0.761. The molecule has 0 saturated carbocycles. The van der Waals surface area contributed by atoms with Gasteiger partial charge in [-0.15, -0.1) is 0 Å². The third-order valence-electron chi connectivity index (χ3n) is 2.73. The molecule has 0 aliphatic heterocycles. The summed E-state index contributed by atoms with van der Waals surface area (Å²) in [6.07, 6.45) is 0.729. The minimum atomic E-state index is -0.00736. The van der Waals surface area contributed by atoms with Crippen LogP contribution >= 0.6 is 0 Å². The van der Waals surface area contributed by atoms with Crippen molar-refractivity contribution in [1.82, 2.24) is 4.90 Å². The molecule has 0 aromatic heterocycles. The van der Waals surface area contributed by atoms with E-state index in [1.807, 2.05) is 32.9 Å². The van der Waals surface area contributed by atoms with Crippen molar-refractivity contribution >= 4 is 5.91 Å². The Kier molecular flexibility index (Phi) is 6.36. The van der Waals surface area contributed by atoms with E-state index in [-0.39, 0.29) is 18.6 Å².